The summed E-state index contributed by atoms with van der Waals surface area (Å²) in [6, 6.07) is 3.33. The summed E-state index contributed by atoms with van der Waals surface area (Å²) < 4.78 is 1.39. The van der Waals surface area contributed by atoms with Crippen molar-refractivity contribution in [3.05, 3.63) is 33.2 Å². The standard InChI is InChI=1S/C18H25N5O2S/c1-12-17(26-13(2)20-12)15-8-9-16(24)23(22-15)11-10-19-18(25)21-14-6-4-3-5-7-14/h8-9,14H,3-7,10-11H2,1-2H3,(H2,19,21,25). The Labute approximate surface area is 156 Å². The lowest BCUT2D eigenvalue weighted by molar-refractivity contribution is 0.232. The van der Waals surface area contributed by atoms with Crippen molar-refractivity contribution in [2.75, 3.05) is 6.54 Å². The summed E-state index contributed by atoms with van der Waals surface area (Å²) >= 11 is 1.56. The van der Waals surface area contributed by atoms with Crippen LogP contribution in [0.15, 0.2) is 16.9 Å². The molecule has 2 heterocycles. The van der Waals surface area contributed by atoms with E-state index in [4.69, 9.17) is 0 Å². The van der Waals surface area contributed by atoms with Crippen molar-refractivity contribution in [2.45, 2.75) is 58.5 Å². The highest BCUT2D eigenvalue weighted by atomic mass is 32.1. The second-order valence-corrected chi connectivity index (χ2v) is 7.87. The SMILES string of the molecule is Cc1nc(C)c(-c2ccc(=O)n(CCNC(=O)NC3CCCCC3)n2)s1. The van der Waals surface area contributed by atoms with Gasteiger partial charge in [0.15, 0.2) is 0 Å². The number of carbonyl (C=O) groups is 1. The van der Waals surface area contributed by atoms with Gasteiger partial charge in [-0.2, -0.15) is 5.10 Å². The number of hydrogen-bond donors (Lipinski definition) is 2. The van der Waals surface area contributed by atoms with Crippen LogP contribution in [0.4, 0.5) is 4.79 Å². The second kappa shape index (κ2) is 8.44. The van der Waals surface area contributed by atoms with Crippen LogP contribution in [0.25, 0.3) is 10.6 Å². The summed E-state index contributed by atoms with van der Waals surface area (Å²) in [4.78, 5) is 29.4. The van der Waals surface area contributed by atoms with E-state index in [2.05, 4.69) is 20.7 Å². The third-order valence-corrected chi connectivity index (χ3v) is 5.65. The Morgan fingerprint density at radius 1 is 1.27 bits per heavy atom. The maximum absolute atomic E-state index is 12.0. The minimum Gasteiger partial charge on any atom is -0.336 e. The van der Waals surface area contributed by atoms with Crippen LogP contribution >= 0.6 is 11.3 Å². The van der Waals surface area contributed by atoms with Crippen molar-refractivity contribution >= 4 is 17.4 Å². The monoisotopic (exact) mass is 375 g/mol. The van der Waals surface area contributed by atoms with Crippen molar-refractivity contribution < 1.29 is 4.79 Å². The van der Waals surface area contributed by atoms with Crippen molar-refractivity contribution in [3.8, 4) is 10.6 Å². The Morgan fingerprint density at radius 3 is 2.73 bits per heavy atom. The molecule has 0 aliphatic heterocycles. The molecule has 1 fully saturated rings. The number of aromatic nitrogens is 3. The summed E-state index contributed by atoms with van der Waals surface area (Å²) in [7, 11) is 0. The molecule has 0 unspecified atom stereocenters. The first-order chi connectivity index (χ1) is 12.5. The summed E-state index contributed by atoms with van der Waals surface area (Å²) in [6.07, 6.45) is 5.69. The minimum absolute atomic E-state index is 0.171. The van der Waals surface area contributed by atoms with Crippen LogP contribution in [0, 0.1) is 13.8 Å². The molecular formula is C18H25N5O2S. The Morgan fingerprint density at radius 2 is 2.04 bits per heavy atom. The summed E-state index contributed by atoms with van der Waals surface area (Å²) in [5.74, 6) is 0. The zero-order valence-corrected chi connectivity index (χ0v) is 16.1. The molecule has 140 valence electrons. The molecule has 0 radical (unpaired) electrons. The first-order valence-corrected chi connectivity index (χ1v) is 9.91. The van der Waals surface area contributed by atoms with E-state index in [1.54, 1.807) is 17.4 Å². The number of amides is 2. The molecule has 7 nitrogen and oxygen atoms in total. The van der Waals surface area contributed by atoms with Gasteiger partial charge in [0.1, 0.15) is 5.69 Å². The van der Waals surface area contributed by atoms with Gasteiger partial charge in [-0.05, 0) is 32.8 Å². The van der Waals surface area contributed by atoms with Crippen LogP contribution in [0.2, 0.25) is 0 Å². The van der Waals surface area contributed by atoms with E-state index in [9.17, 15) is 9.59 Å². The molecule has 0 saturated heterocycles. The number of thiazole rings is 1. The van der Waals surface area contributed by atoms with E-state index in [1.807, 2.05) is 13.8 Å². The van der Waals surface area contributed by atoms with Gasteiger partial charge in [0.05, 0.1) is 22.1 Å². The largest absolute Gasteiger partial charge is 0.336 e. The lowest BCUT2D eigenvalue weighted by Crippen LogP contribution is -2.44. The molecule has 2 N–H and O–H groups in total. The Balaban J connectivity index is 1.57. The van der Waals surface area contributed by atoms with E-state index in [1.165, 1.54) is 30.0 Å². The third kappa shape index (κ3) is 4.69. The molecule has 1 aliphatic carbocycles. The maximum Gasteiger partial charge on any atom is 0.315 e. The summed E-state index contributed by atoms with van der Waals surface area (Å²) in [6.45, 7) is 4.58. The Kier molecular flexibility index (Phi) is 6.03. The fraction of sp³-hybridized carbons (Fsp3) is 0.556. The van der Waals surface area contributed by atoms with Gasteiger partial charge in [-0.3, -0.25) is 4.79 Å². The number of hydrogen-bond acceptors (Lipinski definition) is 5. The van der Waals surface area contributed by atoms with Gasteiger partial charge in [0.2, 0.25) is 0 Å². The molecule has 0 spiro atoms. The number of carbonyl (C=O) groups excluding carboxylic acids is 1. The molecule has 1 saturated carbocycles. The number of aryl methyl sites for hydroxylation is 2. The average molecular weight is 375 g/mol. The molecule has 3 rings (SSSR count). The fourth-order valence-corrected chi connectivity index (χ4v) is 4.14. The lowest BCUT2D eigenvalue weighted by Gasteiger charge is -2.22. The Hall–Kier alpha value is -2.22. The topological polar surface area (TPSA) is 88.9 Å². The number of urea groups is 1. The van der Waals surface area contributed by atoms with Crippen LogP contribution in [0.1, 0.15) is 42.8 Å². The Bertz CT molecular complexity index is 823. The second-order valence-electron chi connectivity index (χ2n) is 6.66. The van der Waals surface area contributed by atoms with Crippen molar-refractivity contribution in [2.24, 2.45) is 0 Å². The third-order valence-electron chi connectivity index (χ3n) is 4.55. The molecule has 0 aromatic carbocycles. The van der Waals surface area contributed by atoms with Crippen LogP contribution in [-0.2, 0) is 6.54 Å². The van der Waals surface area contributed by atoms with Crippen molar-refractivity contribution in [1.29, 1.82) is 0 Å². The molecule has 2 amide bonds. The average Bonchev–Trinajstić information content (AvgIpc) is 2.96. The quantitative estimate of drug-likeness (QED) is 0.841. The van der Waals surface area contributed by atoms with E-state index in [0.717, 1.165) is 34.1 Å². The zero-order chi connectivity index (χ0) is 18.5. The van der Waals surface area contributed by atoms with Crippen LogP contribution in [-0.4, -0.2) is 33.4 Å². The number of nitrogens with one attached hydrogen (secondary N) is 2. The normalized spacial score (nSPS) is 15.0. The van der Waals surface area contributed by atoms with Gasteiger partial charge in [-0.25, -0.2) is 14.5 Å². The summed E-state index contributed by atoms with van der Waals surface area (Å²) in [5.41, 5.74) is 1.47. The first kappa shape index (κ1) is 18.6. The lowest BCUT2D eigenvalue weighted by atomic mass is 9.96. The van der Waals surface area contributed by atoms with Gasteiger partial charge in [0.25, 0.3) is 5.56 Å². The highest BCUT2D eigenvalue weighted by molar-refractivity contribution is 7.15. The molecule has 0 atom stereocenters. The molecule has 2 aromatic heterocycles. The maximum atomic E-state index is 12.0. The van der Waals surface area contributed by atoms with Gasteiger partial charge >= 0.3 is 6.03 Å². The molecular weight excluding hydrogens is 350 g/mol. The van der Waals surface area contributed by atoms with Gasteiger partial charge in [-0.15, -0.1) is 11.3 Å². The molecule has 2 aromatic rings. The van der Waals surface area contributed by atoms with E-state index < -0.39 is 0 Å². The minimum atomic E-state index is -0.179. The molecule has 8 heteroatoms. The molecule has 1 aliphatic rings. The van der Waals surface area contributed by atoms with Crippen LogP contribution in [0.5, 0.6) is 0 Å². The zero-order valence-electron chi connectivity index (χ0n) is 15.2. The fourth-order valence-electron chi connectivity index (χ4n) is 3.26. The van der Waals surface area contributed by atoms with Gasteiger partial charge < -0.3 is 10.6 Å². The number of nitrogens with zero attached hydrogens (tertiary/aromatic N) is 3. The number of rotatable bonds is 5. The van der Waals surface area contributed by atoms with Crippen molar-refractivity contribution in [1.82, 2.24) is 25.4 Å². The predicted octanol–water partition coefficient (Wildman–Crippen LogP) is 2.62. The van der Waals surface area contributed by atoms with E-state index >= 15 is 0 Å². The summed E-state index contributed by atoms with van der Waals surface area (Å²) in [5, 5.41) is 11.2. The molecule has 0 bridgehead atoms. The van der Waals surface area contributed by atoms with Crippen LogP contribution in [0.3, 0.4) is 0 Å². The van der Waals surface area contributed by atoms with Gasteiger partial charge in [0, 0.05) is 18.7 Å². The molecule has 26 heavy (non-hydrogen) atoms. The predicted molar refractivity (Wildman–Crippen MR) is 102 cm³/mol. The highest BCUT2D eigenvalue weighted by Gasteiger charge is 2.15. The van der Waals surface area contributed by atoms with Gasteiger partial charge in [-0.1, -0.05) is 19.3 Å². The first-order valence-electron chi connectivity index (χ1n) is 9.10. The van der Waals surface area contributed by atoms with E-state index in [0.29, 0.717) is 13.1 Å². The van der Waals surface area contributed by atoms with Crippen molar-refractivity contribution in [3.63, 3.8) is 0 Å². The highest BCUT2D eigenvalue weighted by Crippen LogP contribution is 2.27. The smallest absolute Gasteiger partial charge is 0.315 e. The van der Waals surface area contributed by atoms with E-state index in [-0.39, 0.29) is 17.6 Å². The van der Waals surface area contributed by atoms with Crippen LogP contribution < -0.4 is 16.2 Å².